The number of nitrogens with one attached hydrogen (secondary N) is 2. The lowest BCUT2D eigenvalue weighted by molar-refractivity contribution is -0.132. The van der Waals surface area contributed by atoms with E-state index in [9.17, 15) is 18.8 Å². The number of rotatable bonds is 4. The molecule has 30 heavy (non-hydrogen) atoms. The molecule has 0 aliphatic carbocycles. The molecule has 0 spiro atoms. The van der Waals surface area contributed by atoms with E-state index in [0.29, 0.717) is 35.6 Å². The molecule has 2 aliphatic heterocycles. The van der Waals surface area contributed by atoms with Gasteiger partial charge in [-0.15, -0.1) is 0 Å². The summed E-state index contributed by atoms with van der Waals surface area (Å²) in [6, 6.07) is 9.00. The second-order valence-corrected chi connectivity index (χ2v) is 7.35. The van der Waals surface area contributed by atoms with E-state index >= 15 is 0 Å². The Morgan fingerprint density at radius 2 is 2.10 bits per heavy atom. The molecule has 0 aromatic heterocycles. The third kappa shape index (κ3) is 4.27. The summed E-state index contributed by atoms with van der Waals surface area (Å²) in [5, 5.41) is 15.3. The molecule has 2 heterocycles. The fourth-order valence-corrected chi connectivity index (χ4v) is 3.66. The molecular weight excluding hydrogens is 392 g/mol. The zero-order valence-electron chi connectivity index (χ0n) is 16.2. The lowest BCUT2D eigenvalue weighted by Crippen LogP contribution is -2.46. The number of carbonyl (C=O) groups is 1. The van der Waals surface area contributed by atoms with Crippen LogP contribution in [0.25, 0.3) is 11.1 Å². The fourth-order valence-electron chi connectivity index (χ4n) is 3.66. The molecule has 2 aromatic carbocycles. The normalized spacial score (nSPS) is 18.8. The minimum absolute atomic E-state index is 0.132. The molecule has 6 nitrogen and oxygen atoms in total. The zero-order valence-corrected chi connectivity index (χ0v) is 16.2. The van der Waals surface area contributed by atoms with E-state index in [0.717, 1.165) is 24.6 Å². The predicted octanol–water partition coefficient (Wildman–Crippen LogP) is 2.45. The molecule has 4 rings (SSSR count). The van der Waals surface area contributed by atoms with Gasteiger partial charge in [0.1, 0.15) is 24.5 Å². The van der Waals surface area contributed by atoms with Crippen molar-refractivity contribution in [3.63, 3.8) is 0 Å². The maximum atomic E-state index is 13.7. The lowest BCUT2D eigenvalue weighted by Gasteiger charge is -2.22. The first-order valence-electron chi connectivity index (χ1n) is 9.81. The first kappa shape index (κ1) is 20.3. The number of nitrogens with zero attached hydrogens (tertiary/aromatic N) is 1. The SMILES string of the molecule is N#CC(Cc1ccc2c(c1)OCc1cc(F)c(F)cc1-2)NC(=O)[C@@H]1CNCCCO1. The molecule has 8 heteroatoms. The van der Waals surface area contributed by atoms with Crippen LogP contribution >= 0.6 is 0 Å². The van der Waals surface area contributed by atoms with E-state index in [1.165, 1.54) is 6.07 Å². The van der Waals surface area contributed by atoms with Crippen molar-refractivity contribution in [2.24, 2.45) is 0 Å². The number of hydrogen-bond acceptors (Lipinski definition) is 5. The largest absolute Gasteiger partial charge is 0.488 e. The van der Waals surface area contributed by atoms with Gasteiger partial charge < -0.3 is 20.1 Å². The van der Waals surface area contributed by atoms with E-state index in [-0.39, 0.29) is 18.9 Å². The molecule has 0 bridgehead atoms. The van der Waals surface area contributed by atoms with Crippen molar-refractivity contribution in [3.05, 3.63) is 53.1 Å². The van der Waals surface area contributed by atoms with Crippen molar-refractivity contribution in [2.75, 3.05) is 19.7 Å². The van der Waals surface area contributed by atoms with E-state index in [4.69, 9.17) is 9.47 Å². The van der Waals surface area contributed by atoms with Crippen molar-refractivity contribution in [2.45, 2.75) is 31.6 Å². The van der Waals surface area contributed by atoms with Crippen LogP contribution in [-0.2, 0) is 22.6 Å². The van der Waals surface area contributed by atoms with E-state index < -0.39 is 23.8 Å². The van der Waals surface area contributed by atoms with Crippen LogP contribution in [0, 0.1) is 23.0 Å². The van der Waals surface area contributed by atoms with Crippen LogP contribution < -0.4 is 15.4 Å². The van der Waals surface area contributed by atoms with Gasteiger partial charge in [-0.25, -0.2) is 8.78 Å². The number of ether oxygens (including phenoxy) is 2. The summed E-state index contributed by atoms with van der Waals surface area (Å²) in [5.41, 5.74) is 2.61. The maximum Gasteiger partial charge on any atom is 0.251 e. The Balaban J connectivity index is 1.48. The monoisotopic (exact) mass is 413 g/mol. The molecule has 1 amide bonds. The van der Waals surface area contributed by atoms with Gasteiger partial charge in [0.15, 0.2) is 11.6 Å². The summed E-state index contributed by atoms with van der Waals surface area (Å²) in [6.45, 7) is 1.83. The molecule has 2 aliphatic rings. The van der Waals surface area contributed by atoms with Crippen LogP contribution in [0.2, 0.25) is 0 Å². The predicted molar refractivity (Wildman–Crippen MR) is 105 cm³/mol. The molecule has 2 aromatic rings. The van der Waals surface area contributed by atoms with Crippen LogP contribution in [-0.4, -0.2) is 37.7 Å². The molecule has 1 saturated heterocycles. The average Bonchev–Trinajstić information content (AvgIpc) is 3.03. The van der Waals surface area contributed by atoms with Gasteiger partial charge in [-0.1, -0.05) is 12.1 Å². The minimum Gasteiger partial charge on any atom is -0.488 e. The molecule has 1 unspecified atom stereocenters. The molecular formula is C22H21F2N3O3. The number of halogens is 2. The summed E-state index contributed by atoms with van der Waals surface area (Å²) < 4.78 is 38.4. The Kier molecular flexibility index (Phi) is 5.93. The van der Waals surface area contributed by atoms with Crippen LogP contribution in [0.15, 0.2) is 30.3 Å². The fraction of sp³-hybridized carbons (Fsp3) is 0.364. The number of fused-ring (bicyclic) bond motifs is 3. The Morgan fingerprint density at radius 3 is 2.93 bits per heavy atom. The quantitative estimate of drug-likeness (QED) is 0.805. The molecule has 0 saturated carbocycles. The van der Waals surface area contributed by atoms with Gasteiger partial charge in [-0.05, 0) is 42.3 Å². The number of nitriles is 1. The van der Waals surface area contributed by atoms with E-state index in [1.54, 1.807) is 18.2 Å². The molecule has 156 valence electrons. The van der Waals surface area contributed by atoms with Gasteiger partial charge in [0.2, 0.25) is 0 Å². The van der Waals surface area contributed by atoms with Crippen molar-refractivity contribution in [3.8, 4) is 22.9 Å². The first-order valence-corrected chi connectivity index (χ1v) is 9.81. The number of carbonyl (C=O) groups excluding carboxylic acids is 1. The Morgan fingerprint density at radius 1 is 1.27 bits per heavy atom. The Labute approximate surface area is 172 Å². The van der Waals surface area contributed by atoms with Crippen LogP contribution in [0.1, 0.15) is 17.5 Å². The minimum atomic E-state index is -0.909. The second kappa shape index (κ2) is 8.78. The van der Waals surface area contributed by atoms with Gasteiger partial charge in [0, 0.05) is 30.7 Å². The third-order valence-electron chi connectivity index (χ3n) is 5.22. The summed E-state index contributed by atoms with van der Waals surface area (Å²) in [5.74, 6) is -1.60. The highest BCUT2D eigenvalue weighted by Gasteiger charge is 2.24. The standard InChI is InChI=1S/C22H21F2N3O3/c23-18-8-14-12-30-20-7-13(2-3-16(20)17(14)9-19(18)24)6-15(10-25)27-22(28)21-11-26-4-1-5-29-21/h2-3,7-9,15,21,26H,1,4-6,11-12H2,(H,27,28)/t15?,21-/m0/s1. The van der Waals surface area contributed by atoms with Crippen molar-refractivity contribution >= 4 is 5.91 Å². The number of hydrogen-bond donors (Lipinski definition) is 2. The number of amides is 1. The molecule has 2 atom stereocenters. The molecule has 0 radical (unpaired) electrons. The van der Waals surface area contributed by atoms with Gasteiger partial charge >= 0.3 is 0 Å². The topological polar surface area (TPSA) is 83.4 Å². The third-order valence-corrected chi connectivity index (χ3v) is 5.22. The zero-order chi connectivity index (χ0) is 21.1. The second-order valence-electron chi connectivity index (χ2n) is 7.35. The van der Waals surface area contributed by atoms with Crippen LogP contribution in [0.3, 0.4) is 0 Å². The van der Waals surface area contributed by atoms with E-state index in [1.807, 2.05) is 0 Å². The summed E-state index contributed by atoms with van der Waals surface area (Å²) in [4.78, 5) is 12.4. The number of benzene rings is 2. The Bertz CT molecular complexity index is 998. The Hall–Kier alpha value is -3.02. The van der Waals surface area contributed by atoms with E-state index in [2.05, 4.69) is 16.7 Å². The maximum absolute atomic E-state index is 13.7. The summed E-state index contributed by atoms with van der Waals surface area (Å²) >= 11 is 0. The van der Waals surface area contributed by atoms with Gasteiger partial charge in [0.25, 0.3) is 5.91 Å². The highest BCUT2D eigenvalue weighted by atomic mass is 19.2. The van der Waals surface area contributed by atoms with Crippen LogP contribution in [0.4, 0.5) is 8.78 Å². The van der Waals surface area contributed by atoms with Gasteiger partial charge in [-0.3, -0.25) is 4.79 Å². The van der Waals surface area contributed by atoms with Gasteiger partial charge in [-0.2, -0.15) is 5.26 Å². The highest BCUT2D eigenvalue weighted by Crippen LogP contribution is 2.39. The van der Waals surface area contributed by atoms with Crippen molar-refractivity contribution in [1.82, 2.24) is 10.6 Å². The van der Waals surface area contributed by atoms with Gasteiger partial charge in [0.05, 0.1) is 6.07 Å². The van der Waals surface area contributed by atoms with Crippen molar-refractivity contribution in [1.29, 1.82) is 5.26 Å². The highest BCUT2D eigenvalue weighted by molar-refractivity contribution is 5.81. The average molecular weight is 413 g/mol. The summed E-state index contributed by atoms with van der Waals surface area (Å²) in [6.07, 6.45) is 0.492. The molecule has 2 N–H and O–H groups in total. The van der Waals surface area contributed by atoms with Crippen molar-refractivity contribution < 1.29 is 23.0 Å². The smallest absolute Gasteiger partial charge is 0.251 e. The first-order chi connectivity index (χ1) is 14.5. The summed E-state index contributed by atoms with van der Waals surface area (Å²) in [7, 11) is 0. The molecule has 1 fully saturated rings. The lowest BCUT2D eigenvalue weighted by atomic mass is 9.94. The van der Waals surface area contributed by atoms with Crippen LogP contribution in [0.5, 0.6) is 5.75 Å².